The maximum Gasteiger partial charge on any atom is 0.339 e. The Morgan fingerprint density at radius 1 is 1.07 bits per heavy atom. The second-order valence-electron chi connectivity index (χ2n) is 7.18. The van der Waals surface area contributed by atoms with E-state index in [1.807, 2.05) is 37.3 Å². The number of aryl methyl sites for hydroxylation is 2. The number of benzene rings is 2. The maximum absolute atomic E-state index is 12.7. The summed E-state index contributed by atoms with van der Waals surface area (Å²) in [5.41, 5.74) is 3.61. The molecule has 138 valence electrons. The van der Waals surface area contributed by atoms with Gasteiger partial charge in [-0.25, -0.2) is 4.79 Å². The Labute approximate surface area is 157 Å². The lowest BCUT2D eigenvalue weighted by molar-refractivity contribution is 0.0820. The molecule has 1 aliphatic carbocycles. The van der Waals surface area contributed by atoms with Crippen LogP contribution in [0, 0.1) is 6.92 Å². The van der Waals surface area contributed by atoms with E-state index in [1.165, 1.54) is 0 Å². The van der Waals surface area contributed by atoms with Crippen molar-refractivity contribution in [2.45, 2.75) is 45.6 Å². The van der Waals surface area contributed by atoms with Crippen LogP contribution in [0.2, 0.25) is 0 Å². The molecule has 1 atom stereocenters. The summed E-state index contributed by atoms with van der Waals surface area (Å²) in [7, 11) is 0. The van der Waals surface area contributed by atoms with Gasteiger partial charge in [0, 0.05) is 11.1 Å². The predicted molar refractivity (Wildman–Crippen MR) is 105 cm³/mol. The summed E-state index contributed by atoms with van der Waals surface area (Å²) >= 11 is 0. The third-order valence-corrected chi connectivity index (χ3v) is 5.16. The molecule has 0 aliphatic heterocycles. The van der Waals surface area contributed by atoms with Crippen molar-refractivity contribution in [3.63, 3.8) is 0 Å². The van der Waals surface area contributed by atoms with Gasteiger partial charge in [-0.2, -0.15) is 0 Å². The second-order valence-corrected chi connectivity index (χ2v) is 7.18. The molecule has 4 nitrogen and oxygen atoms in total. The van der Waals surface area contributed by atoms with Gasteiger partial charge >= 0.3 is 5.63 Å². The van der Waals surface area contributed by atoms with Crippen LogP contribution < -0.4 is 10.4 Å². The van der Waals surface area contributed by atoms with E-state index >= 15 is 0 Å². The molecule has 0 saturated heterocycles. The quantitative estimate of drug-likeness (QED) is 0.501. The van der Waals surface area contributed by atoms with Crippen LogP contribution in [0.25, 0.3) is 11.0 Å². The molecule has 4 heteroatoms. The predicted octanol–water partition coefficient (Wildman–Crippen LogP) is 4.63. The summed E-state index contributed by atoms with van der Waals surface area (Å²) < 4.78 is 11.7. The lowest BCUT2D eigenvalue weighted by Gasteiger charge is -2.20. The Morgan fingerprint density at radius 3 is 2.52 bits per heavy atom. The Kier molecular flexibility index (Phi) is 4.56. The molecule has 1 aromatic heterocycles. The van der Waals surface area contributed by atoms with Crippen LogP contribution in [0.1, 0.15) is 46.8 Å². The fourth-order valence-corrected chi connectivity index (χ4v) is 3.84. The fraction of sp³-hybridized carbons (Fsp3) is 0.304. The molecule has 1 heterocycles. The van der Waals surface area contributed by atoms with E-state index in [4.69, 9.17) is 9.15 Å². The highest BCUT2D eigenvalue weighted by Crippen LogP contribution is 2.35. The Bertz CT molecular complexity index is 1060. The summed E-state index contributed by atoms with van der Waals surface area (Å²) in [5.74, 6) is 0.542. The van der Waals surface area contributed by atoms with E-state index in [1.54, 1.807) is 19.1 Å². The number of ketones is 1. The molecule has 0 unspecified atom stereocenters. The average Bonchev–Trinajstić information content (AvgIpc) is 2.67. The Hall–Kier alpha value is -2.88. The van der Waals surface area contributed by atoms with Crippen molar-refractivity contribution < 1.29 is 13.9 Å². The Balaban J connectivity index is 1.79. The average molecular weight is 362 g/mol. The lowest BCUT2D eigenvalue weighted by atomic mass is 9.90. The van der Waals surface area contributed by atoms with Crippen LogP contribution >= 0.6 is 0 Å². The highest BCUT2D eigenvalue weighted by atomic mass is 16.5. The first kappa shape index (κ1) is 17.5. The highest BCUT2D eigenvalue weighted by molar-refractivity contribution is 5.99. The van der Waals surface area contributed by atoms with Gasteiger partial charge in [0.1, 0.15) is 11.3 Å². The molecule has 0 bridgehead atoms. The number of carbonyl (C=O) groups is 1. The van der Waals surface area contributed by atoms with Crippen molar-refractivity contribution in [3.05, 3.63) is 75.1 Å². The third-order valence-electron chi connectivity index (χ3n) is 5.16. The van der Waals surface area contributed by atoms with Crippen molar-refractivity contribution in [2.24, 2.45) is 0 Å². The van der Waals surface area contributed by atoms with Gasteiger partial charge < -0.3 is 9.15 Å². The SMILES string of the molecule is Cc1cc(O[C@@H](C)C(=O)c2ccccc2)c2c3c(c(=O)oc2c1)CCCC3. The van der Waals surface area contributed by atoms with Crippen molar-refractivity contribution in [3.8, 4) is 5.75 Å². The molecule has 2 aromatic carbocycles. The zero-order valence-electron chi connectivity index (χ0n) is 15.6. The maximum atomic E-state index is 12.7. The normalized spacial score (nSPS) is 14.6. The van der Waals surface area contributed by atoms with Gasteiger partial charge in [-0.05, 0) is 62.8 Å². The summed E-state index contributed by atoms with van der Waals surface area (Å²) in [6.07, 6.45) is 2.96. The number of Topliss-reactive ketones (excluding diaryl/α,β-unsaturated/α-hetero) is 1. The van der Waals surface area contributed by atoms with Gasteiger partial charge in [0.05, 0.1) is 5.39 Å². The number of fused-ring (bicyclic) bond motifs is 3. The van der Waals surface area contributed by atoms with Crippen LogP contribution in [0.5, 0.6) is 5.75 Å². The van der Waals surface area contributed by atoms with Crippen LogP contribution in [0.4, 0.5) is 0 Å². The largest absolute Gasteiger partial charge is 0.482 e. The summed E-state index contributed by atoms with van der Waals surface area (Å²) in [6, 6.07) is 12.9. The van der Waals surface area contributed by atoms with Crippen LogP contribution in [0.3, 0.4) is 0 Å². The van der Waals surface area contributed by atoms with Crippen LogP contribution in [0.15, 0.2) is 51.7 Å². The van der Waals surface area contributed by atoms with E-state index in [-0.39, 0.29) is 11.4 Å². The molecule has 0 spiro atoms. The number of rotatable bonds is 4. The van der Waals surface area contributed by atoms with E-state index in [0.717, 1.165) is 47.8 Å². The van der Waals surface area contributed by atoms with Crippen molar-refractivity contribution in [1.29, 1.82) is 0 Å². The smallest absolute Gasteiger partial charge is 0.339 e. The topological polar surface area (TPSA) is 56.5 Å². The number of carbonyl (C=O) groups excluding carboxylic acids is 1. The first-order chi connectivity index (χ1) is 13.0. The monoisotopic (exact) mass is 362 g/mol. The zero-order valence-corrected chi connectivity index (χ0v) is 15.6. The molecule has 0 amide bonds. The zero-order chi connectivity index (χ0) is 19.0. The molecule has 1 aliphatic rings. The van der Waals surface area contributed by atoms with Gasteiger partial charge in [-0.15, -0.1) is 0 Å². The summed E-state index contributed by atoms with van der Waals surface area (Å²) in [4.78, 5) is 25.1. The molecule has 3 aromatic rings. The molecule has 0 fully saturated rings. The molecular weight excluding hydrogens is 340 g/mol. The van der Waals surface area contributed by atoms with Gasteiger partial charge in [0.2, 0.25) is 5.78 Å². The van der Waals surface area contributed by atoms with Crippen molar-refractivity contribution in [2.75, 3.05) is 0 Å². The van der Waals surface area contributed by atoms with Crippen LogP contribution in [-0.2, 0) is 12.8 Å². The number of hydrogen-bond acceptors (Lipinski definition) is 4. The molecule has 0 radical (unpaired) electrons. The first-order valence-corrected chi connectivity index (χ1v) is 9.39. The summed E-state index contributed by atoms with van der Waals surface area (Å²) in [6.45, 7) is 3.69. The molecular formula is C23H22O4. The first-order valence-electron chi connectivity index (χ1n) is 9.39. The molecule has 27 heavy (non-hydrogen) atoms. The minimum absolute atomic E-state index is 0.0727. The van der Waals surface area contributed by atoms with E-state index in [2.05, 4.69) is 0 Å². The van der Waals surface area contributed by atoms with E-state index in [0.29, 0.717) is 16.9 Å². The van der Waals surface area contributed by atoms with Gasteiger partial charge in [-0.1, -0.05) is 30.3 Å². The third kappa shape index (κ3) is 3.27. The second kappa shape index (κ2) is 7.03. The van der Waals surface area contributed by atoms with Gasteiger partial charge in [0.25, 0.3) is 0 Å². The fourth-order valence-electron chi connectivity index (χ4n) is 3.84. The lowest BCUT2D eigenvalue weighted by Crippen LogP contribution is -2.24. The van der Waals surface area contributed by atoms with Crippen molar-refractivity contribution in [1.82, 2.24) is 0 Å². The van der Waals surface area contributed by atoms with Crippen LogP contribution in [-0.4, -0.2) is 11.9 Å². The Morgan fingerprint density at radius 2 is 1.78 bits per heavy atom. The molecule has 4 rings (SSSR count). The molecule has 0 N–H and O–H groups in total. The number of hydrogen-bond donors (Lipinski definition) is 0. The van der Waals surface area contributed by atoms with E-state index < -0.39 is 6.10 Å². The standard InChI is InChI=1S/C23H22O4/c1-14-12-19(26-15(2)22(24)16-8-4-3-5-9-16)21-17-10-6-7-11-18(17)23(25)27-20(21)13-14/h3-5,8-9,12-13,15H,6-7,10-11H2,1-2H3/t15-/m0/s1. The van der Waals surface area contributed by atoms with Crippen molar-refractivity contribution >= 4 is 16.8 Å². The van der Waals surface area contributed by atoms with Gasteiger partial charge in [0.15, 0.2) is 6.10 Å². The number of ether oxygens (including phenoxy) is 1. The van der Waals surface area contributed by atoms with E-state index in [9.17, 15) is 9.59 Å². The van der Waals surface area contributed by atoms with Gasteiger partial charge in [-0.3, -0.25) is 4.79 Å². The highest BCUT2D eigenvalue weighted by Gasteiger charge is 2.23. The minimum atomic E-state index is -0.636. The molecule has 0 saturated carbocycles. The minimum Gasteiger partial charge on any atom is -0.482 e. The summed E-state index contributed by atoms with van der Waals surface area (Å²) in [5, 5.41) is 0.836.